The third-order valence-electron chi connectivity index (χ3n) is 9.45. The number of amides is 1. The minimum atomic E-state index is -3.99. The Morgan fingerprint density at radius 2 is 1.54 bits per heavy atom. The maximum absolute atomic E-state index is 13.7. The summed E-state index contributed by atoms with van der Waals surface area (Å²) in [5, 5.41) is 12.5. The molecule has 54 heavy (non-hydrogen) atoms. The number of nitrogens with one attached hydrogen (secondary N) is 2. The monoisotopic (exact) mass is 779 g/mol. The van der Waals surface area contributed by atoms with Gasteiger partial charge in [0, 0.05) is 22.9 Å². The standard InChI is InChI=1S/C42H41N3O6S3/c1-27-12-22-34(23-13-27)54(48,49)45-36(24-29-8-4-3-5-9-29)40(47)43-33-20-18-32(19-21-33)41-50-37(26-52-42-44-35-10-6-7-11-38(35)53-42)28(2)39(51-41)31-16-14-30(25-46)15-17-31/h3-23,28,36-37,39,41,45-46H,24-26H2,1-2H3,(H,43,47)/t28-,36-,37+,39+,41+/m1/s1. The minimum absolute atomic E-state index is 0.00639. The lowest BCUT2D eigenvalue weighted by Crippen LogP contribution is -2.45. The van der Waals surface area contributed by atoms with Crippen LogP contribution in [0.15, 0.2) is 137 Å². The van der Waals surface area contributed by atoms with E-state index in [0.717, 1.165) is 42.4 Å². The number of benzene rings is 5. The molecule has 5 atom stereocenters. The normalized spacial score (nSPS) is 19.4. The van der Waals surface area contributed by atoms with E-state index in [9.17, 15) is 18.3 Å². The Kier molecular flexibility index (Phi) is 11.9. The summed E-state index contributed by atoms with van der Waals surface area (Å²) in [6, 6.07) is 37.9. The van der Waals surface area contributed by atoms with E-state index in [0.29, 0.717) is 11.4 Å². The number of anilines is 1. The summed E-state index contributed by atoms with van der Waals surface area (Å²) in [6.45, 7) is 3.97. The van der Waals surface area contributed by atoms with E-state index < -0.39 is 28.3 Å². The molecule has 0 aliphatic carbocycles. The van der Waals surface area contributed by atoms with Gasteiger partial charge in [0.15, 0.2) is 10.6 Å². The number of thioether (sulfide) groups is 1. The SMILES string of the molecule is Cc1ccc(S(=O)(=O)N[C@H](Cc2ccccc2)C(=O)Nc2ccc([C@H]3O[C@@H](CSc4nc5ccccc5s4)[C@@H](C)[C@@H](c4ccc(CO)cc4)O3)cc2)cc1. The van der Waals surface area contributed by atoms with Crippen molar-refractivity contribution in [3.05, 3.63) is 155 Å². The Morgan fingerprint density at radius 1 is 0.852 bits per heavy atom. The summed E-state index contributed by atoms with van der Waals surface area (Å²) in [6.07, 6.45) is -0.990. The molecule has 1 saturated heterocycles. The Morgan fingerprint density at radius 3 is 2.24 bits per heavy atom. The van der Waals surface area contributed by atoms with Gasteiger partial charge in [0.05, 0.1) is 33.9 Å². The fourth-order valence-corrected chi connectivity index (χ4v) is 9.79. The molecule has 0 spiro atoms. The first-order valence-electron chi connectivity index (χ1n) is 17.7. The van der Waals surface area contributed by atoms with Crippen molar-refractivity contribution in [2.24, 2.45) is 5.92 Å². The zero-order valence-corrected chi connectivity index (χ0v) is 32.2. The molecule has 9 nitrogen and oxygen atoms in total. The molecular formula is C42H41N3O6S3. The number of nitrogens with zero attached hydrogens (tertiary/aromatic N) is 1. The molecule has 2 heterocycles. The van der Waals surface area contributed by atoms with E-state index in [-0.39, 0.29) is 36.0 Å². The van der Waals surface area contributed by atoms with Crippen LogP contribution in [0, 0.1) is 12.8 Å². The van der Waals surface area contributed by atoms with Crippen molar-refractivity contribution in [2.75, 3.05) is 11.1 Å². The van der Waals surface area contributed by atoms with Gasteiger partial charge in [0.1, 0.15) is 6.04 Å². The van der Waals surface area contributed by atoms with Gasteiger partial charge < -0.3 is 19.9 Å². The highest BCUT2D eigenvalue weighted by Gasteiger charge is 2.38. The van der Waals surface area contributed by atoms with E-state index in [1.54, 1.807) is 47.4 Å². The van der Waals surface area contributed by atoms with Gasteiger partial charge >= 0.3 is 0 Å². The van der Waals surface area contributed by atoms with Gasteiger partial charge in [0.2, 0.25) is 15.9 Å². The lowest BCUT2D eigenvalue weighted by Gasteiger charge is -2.41. The van der Waals surface area contributed by atoms with E-state index in [2.05, 4.69) is 23.0 Å². The summed E-state index contributed by atoms with van der Waals surface area (Å²) in [5.74, 6) is 0.188. The maximum atomic E-state index is 13.7. The van der Waals surface area contributed by atoms with E-state index >= 15 is 0 Å². The van der Waals surface area contributed by atoms with Crippen molar-refractivity contribution < 1.29 is 27.8 Å². The van der Waals surface area contributed by atoms with Crippen molar-refractivity contribution in [3.8, 4) is 0 Å². The second-order valence-electron chi connectivity index (χ2n) is 13.4. The smallest absolute Gasteiger partial charge is 0.242 e. The summed E-state index contributed by atoms with van der Waals surface area (Å²) in [5.41, 5.74) is 5.81. The molecule has 1 aliphatic rings. The van der Waals surface area contributed by atoms with Gasteiger partial charge in [-0.05, 0) is 66.4 Å². The highest BCUT2D eigenvalue weighted by molar-refractivity contribution is 8.01. The second kappa shape index (κ2) is 17.0. The molecule has 1 fully saturated rings. The first-order valence-corrected chi connectivity index (χ1v) is 21.0. The summed E-state index contributed by atoms with van der Waals surface area (Å²) >= 11 is 3.33. The quantitative estimate of drug-likeness (QED) is 0.100. The first kappa shape index (κ1) is 37.9. The number of hydrogen-bond donors (Lipinski definition) is 3. The number of rotatable bonds is 13. The van der Waals surface area contributed by atoms with Gasteiger partial charge in [-0.15, -0.1) is 11.3 Å². The van der Waals surface area contributed by atoms with Crippen LogP contribution in [0.25, 0.3) is 10.2 Å². The van der Waals surface area contributed by atoms with Crippen LogP contribution in [-0.2, 0) is 37.3 Å². The molecule has 7 rings (SSSR count). The van der Waals surface area contributed by atoms with Gasteiger partial charge in [-0.2, -0.15) is 4.72 Å². The van der Waals surface area contributed by atoms with Crippen LogP contribution < -0.4 is 10.0 Å². The Bertz CT molecular complexity index is 2250. The highest BCUT2D eigenvalue weighted by atomic mass is 32.2. The van der Waals surface area contributed by atoms with Crippen LogP contribution in [0.3, 0.4) is 0 Å². The van der Waals surface area contributed by atoms with Crippen LogP contribution in [0.1, 0.15) is 47.1 Å². The molecule has 0 saturated carbocycles. The van der Waals surface area contributed by atoms with Crippen molar-refractivity contribution in [1.82, 2.24) is 9.71 Å². The number of fused-ring (bicyclic) bond motifs is 1. The Hall–Kier alpha value is -4.40. The average molecular weight is 780 g/mol. The van der Waals surface area contributed by atoms with Gasteiger partial charge in [-0.3, -0.25) is 4.79 Å². The van der Waals surface area contributed by atoms with E-state index in [4.69, 9.17) is 14.5 Å². The maximum Gasteiger partial charge on any atom is 0.242 e. The fourth-order valence-electron chi connectivity index (χ4n) is 6.34. The summed E-state index contributed by atoms with van der Waals surface area (Å²) in [4.78, 5) is 18.6. The third-order valence-corrected chi connectivity index (χ3v) is 13.2. The topological polar surface area (TPSA) is 127 Å². The lowest BCUT2D eigenvalue weighted by molar-refractivity contribution is -0.268. The number of hydrogen-bond acceptors (Lipinski definition) is 9. The van der Waals surface area contributed by atoms with Crippen molar-refractivity contribution in [3.63, 3.8) is 0 Å². The Balaban J connectivity index is 1.09. The van der Waals surface area contributed by atoms with Gasteiger partial charge in [0.25, 0.3) is 0 Å². The molecule has 5 aromatic carbocycles. The molecule has 0 bridgehead atoms. The molecule has 1 amide bonds. The number of aryl methyl sites for hydroxylation is 1. The van der Waals surface area contributed by atoms with Crippen LogP contribution >= 0.6 is 23.1 Å². The molecule has 12 heteroatoms. The molecule has 1 aliphatic heterocycles. The molecular weight excluding hydrogens is 739 g/mol. The molecule has 0 radical (unpaired) electrons. The predicted molar refractivity (Wildman–Crippen MR) is 214 cm³/mol. The summed E-state index contributed by atoms with van der Waals surface area (Å²) < 4.78 is 44.7. The third kappa shape index (κ3) is 9.10. The zero-order chi connectivity index (χ0) is 37.7. The molecule has 6 aromatic rings. The second-order valence-corrected chi connectivity index (χ2v) is 17.4. The van der Waals surface area contributed by atoms with Crippen molar-refractivity contribution in [1.29, 1.82) is 0 Å². The number of para-hydroxylation sites is 1. The predicted octanol–water partition coefficient (Wildman–Crippen LogP) is 8.21. The molecule has 278 valence electrons. The largest absolute Gasteiger partial charge is 0.392 e. The lowest BCUT2D eigenvalue weighted by atomic mass is 9.91. The van der Waals surface area contributed by atoms with Crippen LogP contribution in [0.4, 0.5) is 5.69 Å². The van der Waals surface area contributed by atoms with Gasteiger partial charge in [-0.1, -0.05) is 115 Å². The summed E-state index contributed by atoms with van der Waals surface area (Å²) in [7, 11) is -3.99. The number of aromatic nitrogens is 1. The highest BCUT2D eigenvalue weighted by Crippen LogP contribution is 2.43. The minimum Gasteiger partial charge on any atom is -0.392 e. The van der Waals surface area contributed by atoms with Crippen molar-refractivity contribution >= 4 is 54.9 Å². The van der Waals surface area contributed by atoms with E-state index in [1.807, 2.05) is 91.9 Å². The number of carbonyl (C=O) groups is 1. The van der Waals surface area contributed by atoms with Gasteiger partial charge in [-0.25, -0.2) is 13.4 Å². The number of aliphatic hydroxyl groups is 1. The molecule has 3 N–H and O–H groups in total. The first-order chi connectivity index (χ1) is 26.1. The zero-order valence-electron chi connectivity index (χ0n) is 29.8. The average Bonchev–Trinajstić information content (AvgIpc) is 3.61. The molecule has 1 aromatic heterocycles. The number of carbonyl (C=O) groups excluding carboxylic acids is 1. The van der Waals surface area contributed by atoms with Crippen LogP contribution in [0.2, 0.25) is 0 Å². The molecule has 0 unspecified atom stereocenters. The number of thiazole rings is 1. The number of sulfonamides is 1. The van der Waals surface area contributed by atoms with Crippen LogP contribution in [-0.4, -0.2) is 42.3 Å². The van der Waals surface area contributed by atoms with Crippen molar-refractivity contribution in [2.45, 2.75) is 60.7 Å². The van der Waals surface area contributed by atoms with E-state index in [1.165, 1.54) is 12.1 Å². The fraction of sp³-hybridized carbons (Fsp3) is 0.238. The van der Waals surface area contributed by atoms with Crippen LogP contribution in [0.5, 0.6) is 0 Å². The number of ether oxygens (including phenoxy) is 2. The number of aliphatic hydroxyl groups excluding tert-OH is 1. The Labute approximate surface area is 323 Å².